The van der Waals surface area contributed by atoms with Gasteiger partial charge in [-0.15, -0.1) is 0 Å². The van der Waals surface area contributed by atoms with Crippen LogP contribution in [0.2, 0.25) is 15.1 Å². The van der Waals surface area contributed by atoms with Gasteiger partial charge in [-0.2, -0.15) is 0 Å². The summed E-state index contributed by atoms with van der Waals surface area (Å²) >= 11 is 18.8. The number of nitrogens with one attached hydrogen (secondary N) is 1. The Morgan fingerprint density at radius 2 is 1.19 bits per heavy atom. The van der Waals surface area contributed by atoms with E-state index in [9.17, 15) is 5.11 Å². The van der Waals surface area contributed by atoms with Crippen molar-refractivity contribution >= 4 is 34.8 Å². The average molecular weight is 475 g/mol. The lowest BCUT2D eigenvalue weighted by atomic mass is 9.64. The summed E-state index contributed by atoms with van der Waals surface area (Å²) in [5.41, 5.74) is 2.17. The standard InChI is InChI=1S/C26H26Cl3NO/c1-16-24(18-7-11-21(27)12-8-18)30-25(19-9-13-22(28)14-10-19)17(2)26(16,31)15-20-5-3-4-6-23(20)29/h3-14,16-17,24-25,30-31H,15H2,1-2H3/t16-,17+,24-,25+,26?. The number of piperidine rings is 1. The van der Waals surface area contributed by atoms with Crippen LogP contribution < -0.4 is 5.32 Å². The number of hydrogen-bond acceptors (Lipinski definition) is 2. The molecular weight excluding hydrogens is 449 g/mol. The molecule has 5 heteroatoms. The number of halogens is 3. The molecule has 0 saturated carbocycles. The second kappa shape index (κ2) is 9.13. The number of benzene rings is 3. The number of hydrogen-bond donors (Lipinski definition) is 2. The predicted octanol–water partition coefficient (Wildman–Crippen LogP) is 7.28. The highest BCUT2D eigenvalue weighted by Gasteiger charge is 2.51. The SMILES string of the molecule is C[C@@H]1[C@H](c2ccc(Cl)cc2)N[C@H](c2ccc(Cl)cc2)[C@H](C)C1(O)Cc1ccccc1Cl. The van der Waals surface area contributed by atoms with Crippen molar-refractivity contribution in [2.45, 2.75) is 38.0 Å². The molecule has 1 aliphatic rings. The van der Waals surface area contributed by atoms with Crippen molar-refractivity contribution in [1.82, 2.24) is 5.32 Å². The molecule has 0 aromatic heterocycles. The van der Waals surface area contributed by atoms with Crippen molar-refractivity contribution in [3.8, 4) is 0 Å². The molecule has 2 nitrogen and oxygen atoms in total. The molecule has 1 heterocycles. The molecule has 0 spiro atoms. The first-order valence-corrected chi connectivity index (χ1v) is 11.7. The summed E-state index contributed by atoms with van der Waals surface area (Å²) in [5, 5.41) is 18.1. The lowest BCUT2D eigenvalue weighted by molar-refractivity contribution is -0.110. The van der Waals surface area contributed by atoms with Gasteiger partial charge in [-0.3, -0.25) is 0 Å². The van der Waals surface area contributed by atoms with Crippen LogP contribution in [0.1, 0.15) is 42.6 Å². The Morgan fingerprint density at radius 3 is 1.65 bits per heavy atom. The van der Waals surface area contributed by atoms with E-state index in [1.165, 1.54) is 0 Å². The normalized spacial score (nSPS) is 28.5. The maximum absolute atomic E-state index is 12.2. The van der Waals surface area contributed by atoms with E-state index in [2.05, 4.69) is 19.2 Å². The number of aliphatic hydroxyl groups is 1. The topological polar surface area (TPSA) is 32.3 Å². The Hall–Kier alpha value is -1.55. The molecule has 0 radical (unpaired) electrons. The molecule has 1 unspecified atom stereocenters. The molecule has 162 valence electrons. The Labute approximate surface area is 199 Å². The third kappa shape index (κ3) is 4.51. The highest BCUT2D eigenvalue weighted by atomic mass is 35.5. The van der Waals surface area contributed by atoms with Gasteiger partial charge in [0.25, 0.3) is 0 Å². The molecule has 1 aliphatic heterocycles. The first-order chi connectivity index (χ1) is 14.8. The van der Waals surface area contributed by atoms with Gasteiger partial charge in [0.1, 0.15) is 0 Å². The minimum Gasteiger partial charge on any atom is -0.389 e. The first kappa shape index (κ1) is 22.6. The highest BCUT2D eigenvalue weighted by molar-refractivity contribution is 6.31. The summed E-state index contributed by atoms with van der Waals surface area (Å²) in [4.78, 5) is 0. The van der Waals surface area contributed by atoms with Gasteiger partial charge in [-0.25, -0.2) is 0 Å². The summed E-state index contributed by atoms with van der Waals surface area (Å²) in [6.45, 7) is 4.22. The summed E-state index contributed by atoms with van der Waals surface area (Å²) < 4.78 is 0. The van der Waals surface area contributed by atoms with Gasteiger partial charge in [0, 0.05) is 45.4 Å². The smallest absolute Gasteiger partial charge is 0.0775 e. The average Bonchev–Trinajstić information content (AvgIpc) is 2.76. The van der Waals surface area contributed by atoms with E-state index in [-0.39, 0.29) is 23.9 Å². The van der Waals surface area contributed by atoms with Crippen molar-refractivity contribution < 1.29 is 5.11 Å². The van der Waals surface area contributed by atoms with Crippen LogP contribution in [0.4, 0.5) is 0 Å². The van der Waals surface area contributed by atoms with E-state index in [0.717, 1.165) is 16.7 Å². The van der Waals surface area contributed by atoms with Crippen molar-refractivity contribution in [3.05, 3.63) is 105 Å². The van der Waals surface area contributed by atoms with E-state index >= 15 is 0 Å². The largest absolute Gasteiger partial charge is 0.389 e. The molecule has 0 amide bonds. The van der Waals surface area contributed by atoms with Crippen LogP contribution in [0, 0.1) is 11.8 Å². The summed E-state index contributed by atoms with van der Waals surface area (Å²) in [5.74, 6) is -0.132. The van der Waals surface area contributed by atoms with Gasteiger partial charge in [0.2, 0.25) is 0 Å². The molecule has 5 atom stereocenters. The highest BCUT2D eigenvalue weighted by Crippen LogP contribution is 2.48. The van der Waals surface area contributed by atoms with Gasteiger partial charge in [-0.05, 0) is 47.0 Å². The minimum atomic E-state index is -0.981. The molecule has 0 aliphatic carbocycles. The van der Waals surface area contributed by atoms with E-state index < -0.39 is 5.60 Å². The molecule has 1 fully saturated rings. The van der Waals surface area contributed by atoms with Gasteiger partial charge < -0.3 is 10.4 Å². The summed E-state index contributed by atoms with van der Waals surface area (Å²) in [6, 6.07) is 23.4. The van der Waals surface area contributed by atoms with Crippen LogP contribution in [0.25, 0.3) is 0 Å². The maximum Gasteiger partial charge on any atom is 0.0775 e. The zero-order chi connectivity index (χ0) is 22.2. The van der Waals surface area contributed by atoms with E-state index in [4.69, 9.17) is 34.8 Å². The molecule has 3 aromatic rings. The summed E-state index contributed by atoms with van der Waals surface area (Å²) in [6.07, 6.45) is 0.477. The van der Waals surface area contributed by atoms with E-state index in [1.54, 1.807) is 0 Å². The quantitative estimate of drug-likeness (QED) is 0.416. The first-order valence-electron chi connectivity index (χ1n) is 10.5. The Morgan fingerprint density at radius 1 is 0.742 bits per heavy atom. The van der Waals surface area contributed by atoms with Crippen LogP contribution in [0.3, 0.4) is 0 Å². The third-order valence-corrected chi connectivity index (χ3v) is 7.70. The van der Waals surface area contributed by atoms with Crippen molar-refractivity contribution in [1.29, 1.82) is 0 Å². The van der Waals surface area contributed by atoms with Gasteiger partial charge in [0.15, 0.2) is 0 Å². The Balaban J connectivity index is 1.78. The fraction of sp³-hybridized carbons (Fsp3) is 0.308. The van der Waals surface area contributed by atoms with Crippen LogP contribution in [-0.2, 0) is 6.42 Å². The Bertz CT molecular complexity index is 978. The number of rotatable bonds is 4. The van der Waals surface area contributed by atoms with Gasteiger partial charge in [0.05, 0.1) is 5.60 Å². The monoisotopic (exact) mass is 473 g/mol. The predicted molar refractivity (Wildman–Crippen MR) is 130 cm³/mol. The van der Waals surface area contributed by atoms with Crippen molar-refractivity contribution in [2.24, 2.45) is 11.8 Å². The maximum atomic E-state index is 12.2. The van der Waals surface area contributed by atoms with Crippen LogP contribution in [0.15, 0.2) is 72.8 Å². The molecule has 0 bridgehead atoms. The van der Waals surface area contributed by atoms with E-state index in [0.29, 0.717) is 21.5 Å². The van der Waals surface area contributed by atoms with Gasteiger partial charge in [-0.1, -0.05) is 91.1 Å². The minimum absolute atomic E-state index is 0.0540. The summed E-state index contributed by atoms with van der Waals surface area (Å²) in [7, 11) is 0. The lowest BCUT2D eigenvalue weighted by Crippen LogP contribution is -2.58. The second-order valence-electron chi connectivity index (χ2n) is 8.56. The lowest BCUT2D eigenvalue weighted by Gasteiger charge is -2.52. The third-order valence-electron chi connectivity index (χ3n) is 6.83. The van der Waals surface area contributed by atoms with Crippen LogP contribution in [-0.4, -0.2) is 10.7 Å². The molecule has 31 heavy (non-hydrogen) atoms. The van der Waals surface area contributed by atoms with Crippen molar-refractivity contribution in [3.63, 3.8) is 0 Å². The molecule has 4 rings (SSSR count). The molecule has 1 saturated heterocycles. The van der Waals surface area contributed by atoms with Crippen molar-refractivity contribution in [2.75, 3.05) is 0 Å². The zero-order valence-electron chi connectivity index (χ0n) is 17.5. The van der Waals surface area contributed by atoms with E-state index in [1.807, 2.05) is 72.8 Å². The molecular formula is C26H26Cl3NO. The molecule has 3 aromatic carbocycles. The zero-order valence-corrected chi connectivity index (χ0v) is 19.8. The van der Waals surface area contributed by atoms with Crippen LogP contribution in [0.5, 0.6) is 0 Å². The van der Waals surface area contributed by atoms with Gasteiger partial charge >= 0.3 is 0 Å². The Kier molecular flexibility index (Phi) is 6.67. The second-order valence-corrected chi connectivity index (χ2v) is 9.84. The van der Waals surface area contributed by atoms with Crippen LogP contribution >= 0.6 is 34.8 Å². The molecule has 2 N–H and O–H groups in total. The fourth-order valence-corrected chi connectivity index (χ4v) is 5.31. The fourth-order valence-electron chi connectivity index (χ4n) is 4.85.